The maximum Gasteiger partial charge on any atom is 0.318 e. The van der Waals surface area contributed by atoms with Crippen molar-refractivity contribution in [3.63, 3.8) is 0 Å². The van der Waals surface area contributed by atoms with Crippen LogP contribution >= 0.6 is 0 Å². The van der Waals surface area contributed by atoms with E-state index in [-0.39, 0.29) is 18.9 Å². The largest absolute Gasteiger partial charge is 0.480 e. The topological polar surface area (TPSA) is 86.7 Å². The van der Waals surface area contributed by atoms with Gasteiger partial charge in [0.1, 0.15) is 5.41 Å². The van der Waals surface area contributed by atoms with Gasteiger partial charge < -0.3 is 15.3 Å². The van der Waals surface area contributed by atoms with Gasteiger partial charge in [0.15, 0.2) is 0 Å². The minimum absolute atomic E-state index is 0.0477. The lowest BCUT2D eigenvalue weighted by Gasteiger charge is -2.20. The van der Waals surface area contributed by atoms with Crippen molar-refractivity contribution >= 4 is 17.8 Å². The molecular weight excluding hydrogens is 236 g/mol. The molecule has 0 spiro atoms. The quantitative estimate of drug-likeness (QED) is 0.650. The summed E-state index contributed by atoms with van der Waals surface area (Å²) in [7, 11) is 0. The number of nitrogens with zero attached hydrogens (tertiary/aromatic N) is 1. The van der Waals surface area contributed by atoms with Gasteiger partial charge in [-0.1, -0.05) is 0 Å². The number of carbonyl (C=O) groups is 3. The highest BCUT2D eigenvalue weighted by Crippen LogP contribution is 2.14. The normalized spacial score (nSPS) is 10.9. The van der Waals surface area contributed by atoms with Gasteiger partial charge in [-0.15, -0.1) is 0 Å². The first-order chi connectivity index (χ1) is 8.27. The summed E-state index contributed by atoms with van der Waals surface area (Å²) in [4.78, 5) is 35.7. The van der Waals surface area contributed by atoms with Gasteiger partial charge in [-0.05, 0) is 27.7 Å². The lowest BCUT2D eigenvalue weighted by Crippen LogP contribution is -2.43. The van der Waals surface area contributed by atoms with E-state index < -0.39 is 17.3 Å². The molecule has 0 aliphatic carbocycles. The minimum atomic E-state index is -1.47. The molecule has 0 fully saturated rings. The summed E-state index contributed by atoms with van der Waals surface area (Å²) in [5.74, 6) is -1.81. The molecule has 0 aromatic heterocycles. The number of hydrogen-bond donors (Lipinski definition) is 2. The van der Waals surface area contributed by atoms with Crippen molar-refractivity contribution in [1.29, 1.82) is 0 Å². The number of carboxylic acid groups (broad SMARTS) is 1. The van der Waals surface area contributed by atoms with Gasteiger partial charge >= 0.3 is 5.97 Å². The molecule has 0 radical (unpaired) electrons. The predicted molar refractivity (Wildman–Crippen MR) is 67.0 cm³/mol. The summed E-state index contributed by atoms with van der Waals surface area (Å²) in [5.41, 5.74) is -1.47. The highest BCUT2D eigenvalue weighted by atomic mass is 16.4. The van der Waals surface area contributed by atoms with E-state index in [1.807, 2.05) is 13.8 Å². The predicted octanol–water partition coefficient (Wildman–Crippen LogP) is 0.472. The average Bonchev–Trinajstić information content (AvgIpc) is 2.30. The van der Waals surface area contributed by atoms with Crippen LogP contribution in [0.2, 0.25) is 0 Å². The number of hydrogen-bond acceptors (Lipinski definition) is 3. The monoisotopic (exact) mass is 258 g/mol. The van der Waals surface area contributed by atoms with Crippen molar-refractivity contribution in [2.75, 3.05) is 19.6 Å². The van der Waals surface area contributed by atoms with E-state index in [0.29, 0.717) is 13.1 Å². The van der Waals surface area contributed by atoms with Crippen LogP contribution in [-0.2, 0) is 14.4 Å². The second kappa shape index (κ2) is 6.98. The smallest absolute Gasteiger partial charge is 0.318 e. The Labute approximate surface area is 107 Å². The van der Waals surface area contributed by atoms with Crippen molar-refractivity contribution in [2.45, 2.75) is 34.1 Å². The van der Waals surface area contributed by atoms with Gasteiger partial charge in [0.2, 0.25) is 11.8 Å². The lowest BCUT2D eigenvalue weighted by molar-refractivity contribution is -0.153. The Morgan fingerprint density at radius 3 is 2.06 bits per heavy atom. The van der Waals surface area contributed by atoms with Gasteiger partial charge in [0, 0.05) is 26.1 Å². The van der Waals surface area contributed by atoms with Crippen LogP contribution in [0, 0.1) is 5.41 Å². The number of aliphatic carboxylic acids is 1. The van der Waals surface area contributed by atoms with Crippen molar-refractivity contribution in [3.05, 3.63) is 0 Å². The highest BCUT2D eigenvalue weighted by molar-refractivity contribution is 6.01. The molecule has 0 saturated heterocycles. The van der Waals surface area contributed by atoms with E-state index in [0.717, 1.165) is 0 Å². The Balaban J connectivity index is 4.17. The molecule has 0 aliphatic rings. The fraction of sp³-hybridized carbons (Fsp3) is 0.750. The number of rotatable bonds is 7. The lowest BCUT2D eigenvalue weighted by atomic mass is 9.93. The summed E-state index contributed by atoms with van der Waals surface area (Å²) in [6, 6.07) is 0. The fourth-order valence-electron chi connectivity index (χ4n) is 1.34. The summed E-state index contributed by atoms with van der Waals surface area (Å²) >= 11 is 0. The first-order valence-electron chi connectivity index (χ1n) is 6.06. The summed E-state index contributed by atoms with van der Waals surface area (Å²) < 4.78 is 0. The number of nitrogens with one attached hydrogen (secondary N) is 1. The molecule has 18 heavy (non-hydrogen) atoms. The third-order valence-corrected chi connectivity index (χ3v) is 2.84. The van der Waals surface area contributed by atoms with E-state index in [9.17, 15) is 14.4 Å². The second-order valence-electron chi connectivity index (χ2n) is 4.50. The Bertz CT molecular complexity index is 322. The van der Waals surface area contributed by atoms with Crippen molar-refractivity contribution in [3.8, 4) is 0 Å². The maximum absolute atomic E-state index is 11.6. The van der Waals surface area contributed by atoms with Gasteiger partial charge in [-0.25, -0.2) is 0 Å². The average molecular weight is 258 g/mol. The standard InChI is InChI=1S/C12H22N2O4/c1-5-14(6-2)9(15)7-8-13-10(16)12(3,4)11(17)18/h5-8H2,1-4H3,(H,13,16)(H,17,18). The zero-order valence-corrected chi connectivity index (χ0v) is 11.4. The highest BCUT2D eigenvalue weighted by Gasteiger charge is 2.35. The molecule has 2 amide bonds. The summed E-state index contributed by atoms with van der Waals surface area (Å²) in [5, 5.41) is 11.3. The molecule has 0 aromatic carbocycles. The van der Waals surface area contributed by atoms with Crippen LogP contribution in [0.5, 0.6) is 0 Å². The van der Waals surface area contributed by atoms with Crippen LogP contribution in [0.15, 0.2) is 0 Å². The SMILES string of the molecule is CCN(CC)C(=O)CCNC(=O)C(C)(C)C(=O)O. The van der Waals surface area contributed by atoms with E-state index in [2.05, 4.69) is 5.32 Å². The minimum Gasteiger partial charge on any atom is -0.480 e. The summed E-state index contributed by atoms with van der Waals surface area (Å²) in [6.07, 6.45) is 0.184. The van der Waals surface area contributed by atoms with Crippen LogP contribution in [0.4, 0.5) is 0 Å². The summed E-state index contributed by atoms with van der Waals surface area (Å²) in [6.45, 7) is 7.84. The zero-order chi connectivity index (χ0) is 14.3. The van der Waals surface area contributed by atoms with Gasteiger partial charge in [0.25, 0.3) is 0 Å². The van der Waals surface area contributed by atoms with Crippen molar-refractivity contribution < 1.29 is 19.5 Å². The van der Waals surface area contributed by atoms with E-state index in [1.165, 1.54) is 13.8 Å². The third kappa shape index (κ3) is 4.35. The van der Waals surface area contributed by atoms with E-state index in [4.69, 9.17) is 5.11 Å². The number of carbonyl (C=O) groups excluding carboxylic acids is 2. The van der Waals surface area contributed by atoms with E-state index >= 15 is 0 Å². The molecule has 6 heteroatoms. The van der Waals surface area contributed by atoms with E-state index in [1.54, 1.807) is 4.90 Å². The van der Waals surface area contributed by atoms with Crippen LogP contribution in [-0.4, -0.2) is 47.4 Å². The van der Waals surface area contributed by atoms with Crippen LogP contribution in [0.1, 0.15) is 34.1 Å². The Hall–Kier alpha value is -1.59. The molecule has 0 bridgehead atoms. The van der Waals surface area contributed by atoms with Crippen LogP contribution < -0.4 is 5.32 Å². The Kier molecular flexibility index (Phi) is 6.36. The Morgan fingerprint density at radius 1 is 1.17 bits per heavy atom. The maximum atomic E-state index is 11.6. The second-order valence-corrected chi connectivity index (χ2v) is 4.50. The van der Waals surface area contributed by atoms with Gasteiger partial charge in [-0.2, -0.15) is 0 Å². The zero-order valence-electron chi connectivity index (χ0n) is 11.4. The molecule has 0 aromatic rings. The Morgan fingerprint density at radius 2 is 1.67 bits per heavy atom. The molecule has 104 valence electrons. The van der Waals surface area contributed by atoms with Gasteiger partial charge in [-0.3, -0.25) is 14.4 Å². The van der Waals surface area contributed by atoms with Crippen LogP contribution in [0.3, 0.4) is 0 Å². The molecule has 0 heterocycles. The molecule has 0 unspecified atom stereocenters. The third-order valence-electron chi connectivity index (χ3n) is 2.84. The molecule has 0 atom stereocenters. The molecule has 6 nitrogen and oxygen atoms in total. The number of carboxylic acids is 1. The van der Waals surface area contributed by atoms with Gasteiger partial charge in [0.05, 0.1) is 0 Å². The molecule has 0 saturated carbocycles. The molecular formula is C12H22N2O4. The first kappa shape index (κ1) is 16.4. The first-order valence-corrected chi connectivity index (χ1v) is 6.06. The van der Waals surface area contributed by atoms with Crippen molar-refractivity contribution in [2.24, 2.45) is 5.41 Å². The van der Waals surface area contributed by atoms with Crippen LogP contribution in [0.25, 0.3) is 0 Å². The molecule has 0 rings (SSSR count). The fourth-order valence-corrected chi connectivity index (χ4v) is 1.34. The molecule has 2 N–H and O–H groups in total. The number of amides is 2. The molecule has 0 aliphatic heterocycles. The van der Waals surface area contributed by atoms with Crippen molar-refractivity contribution in [1.82, 2.24) is 10.2 Å².